The molecule has 1 amide bonds. The van der Waals surface area contributed by atoms with Crippen LogP contribution in [0.2, 0.25) is 0 Å². The van der Waals surface area contributed by atoms with Crippen LogP contribution >= 0.6 is 0 Å². The molecule has 0 fully saturated rings. The van der Waals surface area contributed by atoms with E-state index in [1.165, 1.54) is 18.3 Å². The van der Waals surface area contributed by atoms with Crippen LogP contribution in [0, 0.1) is 0 Å². The van der Waals surface area contributed by atoms with Gasteiger partial charge in [0, 0.05) is 16.8 Å². The van der Waals surface area contributed by atoms with Crippen LogP contribution < -0.4 is 9.88 Å². The molecule has 5 nitrogen and oxygen atoms in total. The number of imidazole rings is 1. The summed E-state index contributed by atoms with van der Waals surface area (Å²) in [6.45, 7) is 2.79. The molecule has 4 rings (SSSR count). The lowest BCUT2D eigenvalue weighted by Crippen LogP contribution is -2.42. The molecule has 3 aromatic rings. The van der Waals surface area contributed by atoms with Crippen LogP contribution in [0.1, 0.15) is 29.5 Å². The third kappa shape index (κ3) is 3.53. The second-order valence-electron chi connectivity index (χ2n) is 6.86. The summed E-state index contributed by atoms with van der Waals surface area (Å²) in [7, 11) is 0. The quantitative estimate of drug-likeness (QED) is 0.561. The Morgan fingerprint density at radius 3 is 2.52 bits per heavy atom. The second-order valence-corrected chi connectivity index (χ2v) is 6.86. The molecule has 0 aliphatic carbocycles. The van der Waals surface area contributed by atoms with Crippen LogP contribution in [0.15, 0.2) is 60.8 Å². The fourth-order valence-corrected chi connectivity index (χ4v) is 3.63. The maximum Gasteiger partial charge on any atom is 0.266 e. The molecule has 2 heterocycles. The summed E-state index contributed by atoms with van der Waals surface area (Å²) in [5.74, 6) is 1.13. The van der Waals surface area contributed by atoms with Gasteiger partial charge < -0.3 is 5.32 Å². The van der Waals surface area contributed by atoms with Crippen molar-refractivity contribution < 1.29 is 14.2 Å². The number of nitrogens with zero attached hydrogens (tertiary/aromatic N) is 2. The number of Topliss-reactive ketones (excluding diaryl/α,β-unsaturated/α-hetero) is 1. The van der Waals surface area contributed by atoms with Crippen molar-refractivity contribution in [1.82, 2.24) is 4.57 Å². The highest BCUT2D eigenvalue weighted by molar-refractivity contribution is 5.95. The largest absolute Gasteiger partial charge is 0.323 e. The Balaban J connectivity index is 1.53. The number of carbonyl (C=O) groups excluding carboxylic acids is 2. The number of carbonyl (C=O) groups is 2. The summed E-state index contributed by atoms with van der Waals surface area (Å²) in [6.07, 6.45) is 4.15. The van der Waals surface area contributed by atoms with Gasteiger partial charge in [-0.15, -0.1) is 0 Å². The van der Waals surface area contributed by atoms with Crippen LogP contribution in [-0.4, -0.2) is 16.3 Å². The van der Waals surface area contributed by atoms with Crippen molar-refractivity contribution in [3.63, 3.8) is 0 Å². The minimum atomic E-state index is -0.0736. The minimum absolute atomic E-state index is 0.0150. The molecule has 0 saturated carbocycles. The lowest BCUT2D eigenvalue weighted by atomic mass is 10.1. The number of benzene rings is 2. The van der Waals surface area contributed by atoms with Gasteiger partial charge in [-0.3, -0.25) is 9.59 Å². The predicted octanol–water partition coefficient (Wildman–Crippen LogP) is 3.23. The van der Waals surface area contributed by atoms with Gasteiger partial charge in [-0.25, -0.2) is 9.13 Å². The zero-order valence-corrected chi connectivity index (χ0v) is 15.3. The fourth-order valence-electron chi connectivity index (χ4n) is 3.63. The average molecular weight is 360 g/mol. The Bertz CT molecular complexity index is 988. The number of anilines is 1. The summed E-state index contributed by atoms with van der Waals surface area (Å²) in [5.41, 5.74) is 3.66. The highest BCUT2D eigenvalue weighted by atomic mass is 16.2. The summed E-state index contributed by atoms with van der Waals surface area (Å²) in [6, 6.07) is 17.3. The molecule has 0 atom stereocenters. The van der Waals surface area contributed by atoms with E-state index in [0.29, 0.717) is 11.3 Å². The van der Waals surface area contributed by atoms with Crippen molar-refractivity contribution in [3.05, 3.63) is 72.2 Å². The summed E-state index contributed by atoms with van der Waals surface area (Å²) >= 11 is 0. The molecule has 0 radical (unpaired) electrons. The Morgan fingerprint density at radius 2 is 1.81 bits per heavy atom. The van der Waals surface area contributed by atoms with Crippen LogP contribution in [0.3, 0.4) is 0 Å². The van der Waals surface area contributed by atoms with Gasteiger partial charge in [0.1, 0.15) is 6.20 Å². The van der Waals surface area contributed by atoms with Crippen LogP contribution in [0.4, 0.5) is 5.69 Å². The van der Waals surface area contributed by atoms with Gasteiger partial charge in [0.2, 0.25) is 0 Å². The normalized spacial score (nSPS) is 12.6. The molecule has 27 heavy (non-hydrogen) atoms. The molecule has 0 saturated heterocycles. The van der Waals surface area contributed by atoms with E-state index in [1.807, 2.05) is 18.2 Å². The molecule has 0 spiro atoms. The lowest BCUT2D eigenvalue weighted by Gasteiger charge is -2.05. The third-order valence-electron chi connectivity index (χ3n) is 4.95. The highest BCUT2D eigenvalue weighted by Gasteiger charge is 2.29. The van der Waals surface area contributed by atoms with Crippen LogP contribution in [0.25, 0.3) is 11.3 Å². The maximum atomic E-state index is 12.5. The first-order chi connectivity index (χ1) is 13.1. The Kier molecular flexibility index (Phi) is 4.59. The predicted molar refractivity (Wildman–Crippen MR) is 103 cm³/mol. The number of hydrogen-bond donors (Lipinski definition) is 1. The van der Waals surface area contributed by atoms with Crippen LogP contribution in [-0.2, 0) is 24.3 Å². The van der Waals surface area contributed by atoms with Gasteiger partial charge in [0.15, 0.2) is 18.0 Å². The summed E-state index contributed by atoms with van der Waals surface area (Å²) < 4.78 is 4.36. The van der Waals surface area contributed by atoms with Crippen molar-refractivity contribution in [1.29, 1.82) is 0 Å². The molecule has 0 bridgehead atoms. The van der Waals surface area contributed by atoms with Gasteiger partial charge in [0.25, 0.3) is 11.7 Å². The molecule has 1 aromatic heterocycles. The molecule has 136 valence electrons. The van der Waals surface area contributed by atoms with Gasteiger partial charge in [-0.1, -0.05) is 30.3 Å². The van der Waals surface area contributed by atoms with Crippen LogP contribution in [0.5, 0.6) is 0 Å². The lowest BCUT2D eigenvalue weighted by molar-refractivity contribution is -0.690. The zero-order valence-electron chi connectivity index (χ0n) is 15.3. The fraction of sp³-hybridized carbons (Fsp3) is 0.227. The molecular formula is C22H22N3O2+. The second kappa shape index (κ2) is 7.19. The Hall–Kier alpha value is -3.21. The van der Waals surface area contributed by atoms with E-state index in [0.717, 1.165) is 25.1 Å². The first kappa shape index (κ1) is 17.2. The molecular weight excluding hydrogens is 338 g/mol. The first-order valence-electron chi connectivity index (χ1n) is 9.20. The van der Waals surface area contributed by atoms with E-state index in [9.17, 15) is 9.59 Å². The van der Waals surface area contributed by atoms with Crippen molar-refractivity contribution in [2.24, 2.45) is 0 Å². The van der Waals surface area contributed by atoms with Gasteiger partial charge >= 0.3 is 0 Å². The van der Waals surface area contributed by atoms with Crippen molar-refractivity contribution >= 4 is 17.4 Å². The molecule has 2 aromatic carbocycles. The Labute approximate surface area is 158 Å². The monoisotopic (exact) mass is 360 g/mol. The van der Waals surface area contributed by atoms with Gasteiger partial charge in [0.05, 0.1) is 13.0 Å². The topological polar surface area (TPSA) is 55.0 Å². The van der Waals surface area contributed by atoms with Gasteiger partial charge in [-0.2, -0.15) is 0 Å². The van der Waals surface area contributed by atoms with E-state index >= 15 is 0 Å². The third-order valence-corrected chi connectivity index (χ3v) is 4.95. The highest BCUT2D eigenvalue weighted by Crippen LogP contribution is 2.24. The van der Waals surface area contributed by atoms with Crippen molar-refractivity contribution in [2.45, 2.75) is 32.9 Å². The smallest absolute Gasteiger partial charge is 0.266 e. The summed E-state index contributed by atoms with van der Waals surface area (Å²) in [5, 5.41) is 2.92. The van der Waals surface area contributed by atoms with E-state index in [4.69, 9.17) is 0 Å². The van der Waals surface area contributed by atoms with Crippen molar-refractivity contribution in [2.75, 3.05) is 5.32 Å². The number of amides is 1. The molecule has 1 aliphatic rings. The molecule has 1 aliphatic heterocycles. The van der Waals surface area contributed by atoms with Crippen molar-refractivity contribution in [3.8, 4) is 11.3 Å². The molecule has 0 unspecified atom stereocenters. The van der Waals surface area contributed by atoms with E-state index in [1.54, 1.807) is 24.3 Å². The zero-order chi connectivity index (χ0) is 18.8. The summed E-state index contributed by atoms with van der Waals surface area (Å²) in [4.78, 5) is 23.9. The van der Waals surface area contributed by atoms with E-state index < -0.39 is 0 Å². The van der Waals surface area contributed by atoms with E-state index in [-0.39, 0.29) is 18.2 Å². The first-order valence-corrected chi connectivity index (χ1v) is 9.20. The minimum Gasteiger partial charge on any atom is -0.323 e. The number of nitrogens with one attached hydrogen (secondary N) is 1. The number of aromatic nitrogens is 2. The average Bonchev–Trinajstić information content (AvgIpc) is 3.27. The molecule has 5 heteroatoms. The number of fused-ring (bicyclic) bond motifs is 1. The number of hydrogen-bond acceptors (Lipinski definition) is 2. The molecule has 1 N–H and O–H groups in total. The number of rotatable bonds is 5. The number of ketones is 1. The Morgan fingerprint density at radius 1 is 1.07 bits per heavy atom. The van der Waals surface area contributed by atoms with Gasteiger partial charge in [-0.05, 0) is 37.6 Å². The standard InChI is InChI=1S/C22H21N3O2/c1-16(26)17-9-11-19(12-10-17)23-21(27)15-24-14-20(18-6-3-2-4-7-18)25-13-5-8-22(24)25/h2-4,6-7,9-12,14H,5,8,13,15H2,1H3/p+1. The van der Waals surface area contributed by atoms with E-state index in [2.05, 4.69) is 32.8 Å². The SMILES string of the molecule is CC(=O)c1ccc(NC(=O)C[n+]2cc(-c3ccccc3)n3c2CCC3)cc1. The maximum absolute atomic E-state index is 12.5.